The van der Waals surface area contributed by atoms with Crippen molar-refractivity contribution in [2.45, 2.75) is 30.5 Å². The number of carbonyl (C=O) groups is 1. The molecule has 0 bridgehead atoms. The Kier molecular flexibility index (Phi) is 5.37. The van der Waals surface area contributed by atoms with E-state index >= 15 is 0 Å². The zero-order valence-electron chi connectivity index (χ0n) is 16.0. The molecule has 1 aromatic carbocycles. The van der Waals surface area contributed by atoms with Gasteiger partial charge >= 0.3 is 11.7 Å². The molecule has 28 heavy (non-hydrogen) atoms. The second-order valence-electron chi connectivity index (χ2n) is 6.42. The van der Waals surface area contributed by atoms with Gasteiger partial charge in [0.15, 0.2) is 11.5 Å². The highest BCUT2D eigenvalue weighted by Gasteiger charge is 2.24. The first-order chi connectivity index (χ1) is 13.3. The molecule has 0 fully saturated rings. The Morgan fingerprint density at radius 1 is 1.18 bits per heavy atom. The van der Waals surface area contributed by atoms with Crippen molar-refractivity contribution < 1.29 is 9.90 Å². The highest BCUT2D eigenvalue weighted by Crippen LogP contribution is 2.31. The number of aliphatic carboxylic acids is 1. The third kappa shape index (κ3) is 3.33. The molecule has 0 aliphatic rings. The molecular weight excluding hydrogens is 380 g/mol. The van der Waals surface area contributed by atoms with Crippen LogP contribution in [0.5, 0.6) is 0 Å². The molecule has 0 aliphatic heterocycles. The van der Waals surface area contributed by atoms with Crippen molar-refractivity contribution >= 4 is 28.8 Å². The molecule has 2 heterocycles. The number of aryl methyl sites for hydroxylation is 2. The second kappa shape index (κ2) is 7.59. The van der Waals surface area contributed by atoms with Gasteiger partial charge in [-0.2, -0.15) is 0 Å². The molecule has 0 saturated carbocycles. The van der Waals surface area contributed by atoms with Crippen molar-refractivity contribution in [2.24, 2.45) is 14.1 Å². The van der Waals surface area contributed by atoms with Crippen LogP contribution in [-0.4, -0.2) is 35.4 Å². The van der Waals surface area contributed by atoms with Gasteiger partial charge in [0.2, 0.25) is 0 Å². The molecule has 1 atom stereocenters. The van der Waals surface area contributed by atoms with Crippen molar-refractivity contribution in [2.75, 3.05) is 0 Å². The lowest BCUT2D eigenvalue weighted by molar-refractivity contribution is -0.136. The van der Waals surface area contributed by atoms with Crippen LogP contribution in [0.15, 0.2) is 38.9 Å². The SMILES string of the molecule is CC[C@H](Sc1nc(-c2ccccc2C)nc2c1c(=O)n(C)c(=O)n2C)C(=O)O. The second-order valence-corrected chi connectivity index (χ2v) is 7.62. The Bertz CT molecular complexity index is 1200. The van der Waals surface area contributed by atoms with E-state index < -0.39 is 22.5 Å². The largest absolute Gasteiger partial charge is 0.480 e. The highest BCUT2D eigenvalue weighted by atomic mass is 32.2. The lowest BCUT2D eigenvalue weighted by atomic mass is 10.1. The van der Waals surface area contributed by atoms with Gasteiger partial charge in [-0.15, -0.1) is 0 Å². The van der Waals surface area contributed by atoms with Gasteiger partial charge in [-0.25, -0.2) is 14.8 Å². The summed E-state index contributed by atoms with van der Waals surface area (Å²) in [6, 6.07) is 7.49. The molecule has 2 aromatic heterocycles. The molecule has 0 unspecified atom stereocenters. The molecule has 0 saturated heterocycles. The Morgan fingerprint density at radius 2 is 1.86 bits per heavy atom. The Morgan fingerprint density at radius 3 is 2.46 bits per heavy atom. The van der Waals surface area contributed by atoms with Crippen molar-refractivity contribution in [1.29, 1.82) is 0 Å². The molecule has 0 aliphatic carbocycles. The van der Waals surface area contributed by atoms with Crippen molar-refractivity contribution in [1.82, 2.24) is 19.1 Å². The first kappa shape index (κ1) is 19.8. The van der Waals surface area contributed by atoms with Crippen LogP contribution in [0, 0.1) is 6.92 Å². The first-order valence-electron chi connectivity index (χ1n) is 8.69. The van der Waals surface area contributed by atoms with Gasteiger partial charge in [-0.3, -0.25) is 18.7 Å². The number of hydrogen-bond donors (Lipinski definition) is 1. The minimum absolute atomic E-state index is 0.145. The van der Waals surface area contributed by atoms with Crippen LogP contribution in [0.2, 0.25) is 0 Å². The number of carboxylic acid groups (broad SMARTS) is 1. The van der Waals surface area contributed by atoms with E-state index in [1.54, 1.807) is 6.92 Å². The standard InChI is InChI=1S/C19H20N4O4S/c1-5-12(18(25)26)28-16-13-15(22(3)19(27)23(4)17(13)24)20-14(21-16)11-9-7-6-8-10(11)2/h6-9,12H,5H2,1-4H3,(H,25,26)/t12-/m0/s1. The maximum atomic E-state index is 12.8. The van der Waals surface area contributed by atoms with Crippen molar-refractivity contribution in [3.63, 3.8) is 0 Å². The lowest BCUT2D eigenvalue weighted by Gasteiger charge is -2.15. The van der Waals surface area contributed by atoms with E-state index in [4.69, 9.17) is 0 Å². The maximum absolute atomic E-state index is 12.8. The summed E-state index contributed by atoms with van der Waals surface area (Å²) in [4.78, 5) is 45.7. The van der Waals surface area contributed by atoms with E-state index in [0.717, 1.165) is 27.5 Å². The first-order valence-corrected chi connectivity index (χ1v) is 9.57. The number of hydrogen-bond acceptors (Lipinski definition) is 6. The molecule has 8 nitrogen and oxygen atoms in total. The summed E-state index contributed by atoms with van der Waals surface area (Å²) in [5.74, 6) is -0.644. The Labute approximate surface area is 164 Å². The zero-order valence-corrected chi connectivity index (χ0v) is 16.8. The van der Waals surface area contributed by atoms with Crippen molar-refractivity contribution in [3.8, 4) is 11.4 Å². The highest BCUT2D eigenvalue weighted by molar-refractivity contribution is 8.00. The number of thioether (sulfide) groups is 1. The van der Waals surface area contributed by atoms with Gasteiger partial charge in [0, 0.05) is 19.7 Å². The predicted octanol–water partition coefficient (Wildman–Crippen LogP) is 1.96. The van der Waals surface area contributed by atoms with Gasteiger partial charge in [0.25, 0.3) is 5.56 Å². The molecule has 3 aromatic rings. The zero-order chi connectivity index (χ0) is 20.6. The van der Waals surface area contributed by atoms with Crippen molar-refractivity contribution in [3.05, 3.63) is 50.7 Å². The topological polar surface area (TPSA) is 107 Å². The Balaban J connectivity index is 2.41. The van der Waals surface area contributed by atoms with Gasteiger partial charge in [-0.05, 0) is 18.9 Å². The van der Waals surface area contributed by atoms with Crippen LogP contribution < -0.4 is 11.2 Å². The Hall–Kier alpha value is -2.94. The minimum atomic E-state index is -0.988. The minimum Gasteiger partial charge on any atom is -0.480 e. The van der Waals surface area contributed by atoms with Crippen LogP contribution in [0.3, 0.4) is 0 Å². The quantitative estimate of drug-likeness (QED) is 0.515. The molecular formula is C19H20N4O4S. The smallest absolute Gasteiger partial charge is 0.332 e. The maximum Gasteiger partial charge on any atom is 0.332 e. The summed E-state index contributed by atoms with van der Waals surface area (Å²) < 4.78 is 2.26. The number of nitrogens with zero attached hydrogens (tertiary/aromatic N) is 4. The number of benzene rings is 1. The summed E-state index contributed by atoms with van der Waals surface area (Å²) in [5.41, 5.74) is 0.814. The number of rotatable bonds is 5. The molecule has 0 spiro atoms. The van der Waals surface area contributed by atoms with Gasteiger partial charge in [-0.1, -0.05) is 43.0 Å². The third-order valence-electron chi connectivity index (χ3n) is 4.55. The fourth-order valence-electron chi connectivity index (χ4n) is 2.90. The summed E-state index contributed by atoms with van der Waals surface area (Å²) in [5, 5.41) is 9.09. The molecule has 0 radical (unpaired) electrons. The van der Waals surface area contributed by atoms with E-state index in [1.807, 2.05) is 31.2 Å². The van der Waals surface area contributed by atoms with E-state index in [-0.39, 0.29) is 16.1 Å². The van der Waals surface area contributed by atoms with E-state index in [1.165, 1.54) is 18.7 Å². The normalized spacial score (nSPS) is 12.3. The fraction of sp³-hybridized carbons (Fsp3) is 0.316. The average molecular weight is 400 g/mol. The summed E-state index contributed by atoms with van der Waals surface area (Å²) in [6.45, 7) is 3.66. The van der Waals surface area contributed by atoms with Gasteiger partial charge in [0.05, 0.1) is 0 Å². The molecule has 146 valence electrons. The van der Waals surface area contributed by atoms with Crippen LogP contribution in [0.25, 0.3) is 22.4 Å². The van der Waals surface area contributed by atoms with Crippen LogP contribution >= 0.6 is 11.8 Å². The van der Waals surface area contributed by atoms with Gasteiger partial charge < -0.3 is 5.11 Å². The predicted molar refractivity (Wildman–Crippen MR) is 108 cm³/mol. The molecule has 0 amide bonds. The van der Waals surface area contributed by atoms with Crippen LogP contribution in [0.4, 0.5) is 0 Å². The third-order valence-corrected chi connectivity index (χ3v) is 5.89. The lowest BCUT2D eigenvalue weighted by Crippen LogP contribution is -2.37. The molecule has 9 heteroatoms. The molecule has 1 N–H and O–H groups in total. The van der Waals surface area contributed by atoms with Crippen LogP contribution in [0.1, 0.15) is 18.9 Å². The summed E-state index contributed by atoms with van der Waals surface area (Å²) >= 11 is 0.999. The van der Waals surface area contributed by atoms with Gasteiger partial charge in [0.1, 0.15) is 15.7 Å². The molecule has 3 rings (SSSR count). The fourth-order valence-corrected chi connectivity index (χ4v) is 3.87. The van der Waals surface area contributed by atoms with E-state index in [9.17, 15) is 19.5 Å². The number of aromatic nitrogens is 4. The van der Waals surface area contributed by atoms with E-state index in [2.05, 4.69) is 9.97 Å². The number of carboxylic acids is 1. The average Bonchev–Trinajstić information content (AvgIpc) is 2.68. The van der Waals surface area contributed by atoms with Crippen LogP contribution in [-0.2, 0) is 18.9 Å². The number of fused-ring (bicyclic) bond motifs is 1. The summed E-state index contributed by atoms with van der Waals surface area (Å²) in [7, 11) is 2.91. The van der Waals surface area contributed by atoms with E-state index in [0.29, 0.717) is 12.2 Å². The monoisotopic (exact) mass is 400 g/mol. The summed E-state index contributed by atoms with van der Waals surface area (Å²) in [6.07, 6.45) is 0.358.